The number of pyridine rings is 1. The van der Waals surface area contributed by atoms with Crippen LogP contribution in [-0.2, 0) is 25.5 Å². The molecule has 0 radical (unpaired) electrons. The summed E-state index contributed by atoms with van der Waals surface area (Å²) in [6.07, 6.45) is -3.62. The summed E-state index contributed by atoms with van der Waals surface area (Å²) >= 11 is 0. The summed E-state index contributed by atoms with van der Waals surface area (Å²) in [6, 6.07) is 8.41. The monoisotopic (exact) mass is 507 g/mol. The van der Waals surface area contributed by atoms with E-state index in [1.807, 2.05) is 6.07 Å². The largest absolute Gasteiger partial charge is 0.417 e. The topological polar surface area (TPSA) is 109 Å². The van der Waals surface area contributed by atoms with Crippen molar-refractivity contribution in [1.29, 1.82) is 5.26 Å². The minimum absolute atomic E-state index is 0.128. The number of carbonyl (C=O) groups is 1. The minimum atomic E-state index is -4.92. The van der Waals surface area contributed by atoms with E-state index in [2.05, 4.69) is 10.3 Å². The second-order valence-corrected chi connectivity index (χ2v) is 11.3. The second-order valence-electron chi connectivity index (χ2n) is 9.10. The molecule has 1 heterocycles. The third-order valence-corrected chi connectivity index (χ3v) is 8.93. The number of methoxy groups -OCH3 is 1. The lowest BCUT2D eigenvalue weighted by Crippen LogP contribution is -2.42. The van der Waals surface area contributed by atoms with E-state index in [-0.39, 0.29) is 18.4 Å². The van der Waals surface area contributed by atoms with Crippen LogP contribution in [0.4, 0.5) is 13.2 Å². The third kappa shape index (κ3) is 4.90. The number of hydrogen-bond donors (Lipinski definition) is 1. The van der Waals surface area contributed by atoms with E-state index in [0.717, 1.165) is 12.1 Å². The van der Waals surface area contributed by atoms with Gasteiger partial charge in [0, 0.05) is 24.6 Å². The Kier molecular flexibility index (Phi) is 6.40. The molecule has 1 amide bonds. The standard InChI is InChI=1S/C24H24F3N3O4S/c1-14-3-4-16(12-29-14)15-5-6-21(19(9-15)24(25,26)27)35(32,33)17-10-18(20(11-17)34-2)22(31)30-23(13-28)7-8-23/h3-6,9,12,17-18,20H,7-8,10-11H2,1-2H3,(H,30,31)/t17?,18-,20-/m1/s1. The van der Waals surface area contributed by atoms with Crippen LogP contribution in [0.15, 0.2) is 41.4 Å². The summed E-state index contributed by atoms with van der Waals surface area (Å²) in [5.41, 5.74) is -0.906. The fourth-order valence-corrected chi connectivity index (χ4v) is 6.46. The second kappa shape index (κ2) is 8.91. The molecule has 3 atom stereocenters. The average molecular weight is 508 g/mol. The molecule has 2 aliphatic rings. The van der Waals surface area contributed by atoms with E-state index in [1.165, 1.54) is 19.4 Å². The molecule has 1 aromatic carbocycles. The van der Waals surface area contributed by atoms with E-state index in [0.29, 0.717) is 24.1 Å². The number of aryl methyl sites for hydroxylation is 1. The van der Waals surface area contributed by atoms with Crippen molar-refractivity contribution >= 4 is 15.7 Å². The number of aromatic nitrogens is 1. The molecule has 2 saturated carbocycles. The van der Waals surface area contributed by atoms with Crippen molar-refractivity contribution in [2.75, 3.05) is 7.11 Å². The molecule has 186 valence electrons. The Hall–Kier alpha value is -2.97. The van der Waals surface area contributed by atoms with Gasteiger partial charge < -0.3 is 10.1 Å². The minimum Gasteiger partial charge on any atom is -0.381 e. The molecule has 11 heteroatoms. The molecule has 0 spiro atoms. The van der Waals surface area contributed by atoms with Crippen LogP contribution in [0.3, 0.4) is 0 Å². The molecule has 1 unspecified atom stereocenters. The summed E-state index contributed by atoms with van der Waals surface area (Å²) in [6.45, 7) is 1.74. The Morgan fingerprint density at radius 3 is 2.43 bits per heavy atom. The highest BCUT2D eigenvalue weighted by molar-refractivity contribution is 7.92. The van der Waals surface area contributed by atoms with Crippen LogP contribution in [0, 0.1) is 24.2 Å². The van der Waals surface area contributed by atoms with Gasteiger partial charge in [-0.2, -0.15) is 18.4 Å². The molecular formula is C24H24F3N3O4S. The summed E-state index contributed by atoms with van der Waals surface area (Å²) in [7, 11) is -3.14. The Bertz CT molecular complexity index is 1280. The molecule has 7 nitrogen and oxygen atoms in total. The van der Waals surface area contributed by atoms with Crippen molar-refractivity contribution in [1.82, 2.24) is 10.3 Å². The maximum absolute atomic E-state index is 14.0. The number of rotatable bonds is 6. The van der Waals surface area contributed by atoms with Crippen LogP contribution in [-0.4, -0.2) is 43.3 Å². The summed E-state index contributed by atoms with van der Waals surface area (Å²) in [4.78, 5) is 16.0. The number of ether oxygens (including phenoxy) is 1. The van der Waals surface area contributed by atoms with E-state index in [9.17, 15) is 31.6 Å². The van der Waals surface area contributed by atoms with Crippen molar-refractivity contribution in [2.24, 2.45) is 5.92 Å². The SMILES string of the molecule is CO[C@@H]1CC(S(=O)(=O)c2ccc(-c3ccc(C)nc3)cc2C(F)(F)F)C[C@H]1C(=O)NC1(C#N)CC1. The van der Waals surface area contributed by atoms with Crippen molar-refractivity contribution in [3.05, 3.63) is 47.8 Å². The van der Waals surface area contributed by atoms with Crippen molar-refractivity contribution < 1.29 is 31.1 Å². The smallest absolute Gasteiger partial charge is 0.381 e. The van der Waals surface area contributed by atoms with Gasteiger partial charge in [0.15, 0.2) is 9.84 Å². The number of nitriles is 1. The predicted octanol–water partition coefficient (Wildman–Crippen LogP) is 3.82. The molecular weight excluding hydrogens is 483 g/mol. The molecule has 2 aliphatic carbocycles. The first-order valence-electron chi connectivity index (χ1n) is 11.0. The zero-order valence-corrected chi connectivity index (χ0v) is 19.9. The van der Waals surface area contributed by atoms with Gasteiger partial charge in [0.25, 0.3) is 0 Å². The number of halogens is 3. The molecule has 35 heavy (non-hydrogen) atoms. The Morgan fingerprint density at radius 2 is 1.89 bits per heavy atom. The van der Waals surface area contributed by atoms with Gasteiger partial charge in [0.05, 0.1) is 33.8 Å². The average Bonchev–Trinajstić information content (AvgIpc) is 3.44. The van der Waals surface area contributed by atoms with Crippen molar-refractivity contribution in [2.45, 2.75) is 60.6 Å². The third-order valence-electron chi connectivity index (χ3n) is 6.70. The Morgan fingerprint density at radius 1 is 1.20 bits per heavy atom. The molecule has 4 rings (SSSR count). The quantitative estimate of drug-likeness (QED) is 0.637. The van der Waals surface area contributed by atoms with E-state index >= 15 is 0 Å². The first kappa shape index (κ1) is 25.1. The molecule has 0 saturated heterocycles. The Balaban J connectivity index is 1.66. The predicted molar refractivity (Wildman–Crippen MR) is 120 cm³/mol. The number of benzene rings is 1. The normalized spacial score (nSPS) is 23.5. The Labute approximate surface area is 201 Å². The highest BCUT2D eigenvalue weighted by atomic mass is 32.2. The van der Waals surface area contributed by atoms with Gasteiger partial charge in [-0.1, -0.05) is 12.1 Å². The lowest BCUT2D eigenvalue weighted by Gasteiger charge is -2.19. The molecule has 1 aromatic heterocycles. The van der Waals surface area contributed by atoms with Gasteiger partial charge in [-0.05, 0) is 56.4 Å². The number of nitrogens with zero attached hydrogens (tertiary/aromatic N) is 2. The van der Waals surface area contributed by atoms with Crippen LogP contribution in [0.1, 0.15) is 36.9 Å². The van der Waals surface area contributed by atoms with Crippen LogP contribution in [0.5, 0.6) is 0 Å². The summed E-state index contributed by atoms with van der Waals surface area (Å²) < 4.78 is 74.2. The van der Waals surface area contributed by atoms with E-state index in [4.69, 9.17) is 4.74 Å². The maximum atomic E-state index is 14.0. The van der Waals surface area contributed by atoms with Gasteiger partial charge >= 0.3 is 6.18 Å². The molecule has 0 aliphatic heterocycles. The van der Waals surface area contributed by atoms with Crippen LogP contribution >= 0.6 is 0 Å². The van der Waals surface area contributed by atoms with Gasteiger partial charge in [0.2, 0.25) is 5.91 Å². The lowest BCUT2D eigenvalue weighted by atomic mass is 10.0. The fraction of sp³-hybridized carbons (Fsp3) is 0.458. The van der Waals surface area contributed by atoms with Gasteiger partial charge in [-0.15, -0.1) is 0 Å². The molecule has 0 bridgehead atoms. The number of alkyl halides is 3. The first-order chi connectivity index (χ1) is 16.4. The zero-order chi connectivity index (χ0) is 25.6. The number of hydrogen-bond acceptors (Lipinski definition) is 6. The van der Waals surface area contributed by atoms with Gasteiger partial charge in [-0.3, -0.25) is 9.78 Å². The molecule has 2 fully saturated rings. The van der Waals surface area contributed by atoms with E-state index in [1.54, 1.807) is 19.1 Å². The van der Waals surface area contributed by atoms with E-state index < -0.39 is 55.2 Å². The fourth-order valence-electron chi connectivity index (χ4n) is 4.46. The zero-order valence-electron chi connectivity index (χ0n) is 19.1. The van der Waals surface area contributed by atoms with Crippen molar-refractivity contribution in [3.8, 4) is 17.2 Å². The highest BCUT2D eigenvalue weighted by Gasteiger charge is 2.51. The van der Waals surface area contributed by atoms with Gasteiger partial charge in [0.1, 0.15) is 5.54 Å². The van der Waals surface area contributed by atoms with Crippen molar-refractivity contribution in [3.63, 3.8) is 0 Å². The highest BCUT2D eigenvalue weighted by Crippen LogP contribution is 2.43. The number of amides is 1. The molecule has 2 aromatic rings. The number of carbonyl (C=O) groups excluding carboxylic acids is 1. The van der Waals surface area contributed by atoms with Crippen LogP contribution in [0.25, 0.3) is 11.1 Å². The van der Waals surface area contributed by atoms with Gasteiger partial charge in [-0.25, -0.2) is 8.42 Å². The maximum Gasteiger partial charge on any atom is 0.417 e. The van der Waals surface area contributed by atoms with Crippen LogP contribution in [0.2, 0.25) is 0 Å². The number of nitrogens with one attached hydrogen (secondary N) is 1. The summed E-state index contributed by atoms with van der Waals surface area (Å²) in [5.74, 6) is -1.41. The van der Waals surface area contributed by atoms with Crippen LogP contribution < -0.4 is 5.32 Å². The lowest BCUT2D eigenvalue weighted by molar-refractivity contribution is -0.139. The molecule has 1 N–H and O–H groups in total. The first-order valence-corrected chi connectivity index (χ1v) is 12.6. The summed E-state index contributed by atoms with van der Waals surface area (Å²) in [5, 5.41) is 10.6. The number of sulfone groups is 1.